The molecule has 0 radical (unpaired) electrons. The third-order valence-corrected chi connectivity index (χ3v) is 3.36. The molecule has 2 rings (SSSR count). The summed E-state index contributed by atoms with van der Waals surface area (Å²) in [6, 6.07) is 5.49. The number of hydrogen-bond donors (Lipinski definition) is 1. The van der Waals surface area contributed by atoms with Gasteiger partial charge in [0.15, 0.2) is 0 Å². The molecule has 0 spiro atoms. The van der Waals surface area contributed by atoms with Crippen LogP contribution in [0.5, 0.6) is 0 Å². The fraction of sp³-hybridized carbons (Fsp3) is 0.462. The second-order valence-electron chi connectivity index (χ2n) is 4.70. The predicted octanol–water partition coefficient (Wildman–Crippen LogP) is 2.50. The Balaban J connectivity index is 2.03. The first kappa shape index (κ1) is 14.6. The van der Waals surface area contributed by atoms with E-state index in [-0.39, 0.29) is 12.1 Å². The van der Waals surface area contributed by atoms with Crippen molar-refractivity contribution < 1.29 is 23.1 Å². The van der Waals surface area contributed by atoms with Gasteiger partial charge in [0.05, 0.1) is 5.56 Å². The van der Waals surface area contributed by atoms with Crippen LogP contribution in [-0.4, -0.2) is 47.2 Å². The first-order valence-corrected chi connectivity index (χ1v) is 6.23. The summed E-state index contributed by atoms with van der Waals surface area (Å²) in [6.07, 6.45) is -5.35. The van der Waals surface area contributed by atoms with Gasteiger partial charge >= 0.3 is 12.3 Å². The average molecular weight is 288 g/mol. The maximum absolute atomic E-state index is 12.9. The molecule has 1 fully saturated rings. The van der Waals surface area contributed by atoms with Crippen LogP contribution in [0.3, 0.4) is 0 Å². The Hall–Kier alpha value is -1.76. The molecule has 0 bridgehead atoms. The van der Waals surface area contributed by atoms with E-state index in [0.29, 0.717) is 26.2 Å². The summed E-state index contributed by atoms with van der Waals surface area (Å²) in [4.78, 5) is 13.9. The third kappa shape index (κ3) is 3.41. The summed E-state index contributed by atoms with van der Waals surface area (Å²) >= 11 is 0. The number of benzene rings is 1. The van der Waals surface area contributed by atoms with E-state index in [0.717, 1.165) is 6.07 Å². The van der Waals surface area contributed by atoms with Gasteiger partial charge in [-0.1, -0.05) is 18.2 Å². The van der Waals surface area contributed by atoms with Gasteiger partial charge in [-0.05, 0) is 11.6 Å². The molecule has 1 saturated heterocycles. The Morgan fingerprint density at radius 3 is 2.30 bits per heavy atom. The Morgan fingerprint density at radius 2 is 1.75 bits per heavy atom. The molecular formula is C13H15F3N2O2. The monoisotopic (exact) mass is 288 g/mol. The normalized spacial score (nSPS) is 17.2. The minimum atomic E-state index is -4.36. The quantitative estimate of drug-likeness (QED) is 0.909. The van der Waals surface area contributed by atoms with Crippen LogP contribution in [0.25, 0.3) is 0 Å². The first-order chi connectivity index (χ1) is 9.38. The molecule has 1 aliphatic heterocycles. The van der Waals surface area contributed by atoms with Gasteiger partial charge in [0.1, 0.15) is 0 Å². The van der Waals surface area contributed by atoms with Gasteiger partial charge in [0.2, 0.25) is 0 Å². The molecule has 1 amide bonds. The van der Waals surface area contributed by atoms with Crippen LogP contribution in [0.1, 0.15) is 11.1 Å². The van der Waals surface area contributed by atoms with Crippen molar-refractivity contribution in [1.29, 1.82) is 0 Å². The van der Waals surface area contributed by atoms with Crippen LogP contribution >= 0.6 is 0 Å². The van der Waals surface area contributed by atoms with Crippen LogP contribution in [0, 0.1) is 0 Å². The number of carboxylic acid groups (broad SMARTS) is 1. The van der Waals surface area contributed by atoms with Gasteiger partial charge < -0.3 is 10.0 Å². The van der Waals surface area contributed by atoms with Gasteiger partial charge in [-0.2, -0.15) is 13.2 Å². The average Bonchev–Trinajstić information content (AvgIpc) is 2.38. The molecule has 7 heteroatoms. The fourth-order valence-electron chi connectivity index (χ4n) is 2.27. The van der Waals surface area contributed by atoms with Crippen molar-refractivity contribution in [3.63, 3.8) is 0 Å². The highest BCUT2D eigenvalue weighted by molar-refractivity contribution is 5.65. The number of hydrogen-bond acceptors (Lipinski definition) is 2. The SMILES string of the molecule is O=C(O)N1CCN(Cc2ccccc2C(F)(F)F)CC1. The molecule has 0 saturated carbocycles. The first-order valence-electron chi connectivity index (χ1n) is 6.23. The molecule has 0 atom stereocenters. The molecular weight excluding hydrogens is 273 g/mol. The minimum absolute atomic E-state index is 0.184. The maximum atomic E-state index is 12.9. The number of halogens is 3. The second-order valence-corrected chi connectivity index (χ2v) is 4.70. The van der Waals surface area contributed by atoms with Crippen molar-refractivity contribution in [1.82, 2.24) is 9.80 Å². The lowest BCUT2D eigenvalue weighted by Crippen LogP contribution is -2.47. The van der Waals surface area contributed by atoms with E-state index in [9.17, 15) is 18.0 Å². The smallest absolute Gasteiger partial charge is 0.416 e. The second kappa shape index (κ2) is 5.70. The summed E-state index contributed by atoms with van der Waals surface area (Å²) in [5.41, 5.74) is -0.399. The molecule has 0 aliphatic carbocycles. The molecule has 1 aromatic rings. The van der Waals surface area contributed by atoms with Gasteiger partial charge in [-0.25, -0.2) is 4.79 Å². The van der Waals surface area contributed by atoms with E-state index in [1.54, 1.807) is 6.07 Å². The number of piperazine rings is 1. The van der Waals surface area contributed by atoms with Gasteiger partial charge in [-0.15, -0.1) is 0 Å². The van der Waals surface area contributed by atoms with Crippen LogP contribution < -0.4 is 0 Å². The van der Waals surface area contributed by atoms with Crippen LogP contribution in [0.4, 0.5) is 18.0 Å². The number of nitrogens with zero attached hydrogens (tertiary/aromatic N) is 2. The van der Waals surface area contributed by atoms with Crippen molar-refractivity contribution in [3.05, 3.63) is 35.4 Å². The number of carbonyl (C=O) groups is 1. The maximum Gasteiger partial charge on any atom is 0.416 e. The lowest BCUT2D eigenvalue weighted by Gasteiger charge is -2.33. The summed E-state index contributed by atoms with van der Waals surface area (Å²) in [6.45, 7) is 1.72. The van der Waals surface area contributed by atoms with E-state index in [1.165, 1.54) is 17.0 Å². The Labute approximate surface area is 114 Å². The summed E-state index contributed by atoms with van der Waals surface area (Å²) < 4.78 is 38.6. The molecule has 4 nitrogen and oxygen atoms in total. The Kier molecular flexibility index (Phi) is 4.17. The van der Waals surface area contributed by atoms with E-state index in [4.69, 9.17) is 5.11 Å². The summed E-state index contributed by atoms with van der Waals surface area (Å²) in [7, 11) is 0. The van der Waals surface area contributed by atoms with E-state index in [1.807, 2.05) is 4.90 Å². The van der Waals surface area contributed by atoms with Gasteiger partial charge in [0, 0.05) is 32.7 Å². The molecule has 1 aromatic carbocycles. The molecule has 1 aliphatic rings. The Bertz CT molecular complexity index is 483. The van der Waals surface area contributed by atoms with Crippen molar-refractivity contribution >= 4 is 6.09 Å². The molecule has 1 heterocycles. The topological polar surface area (TPSA) is 43.8 Å². The number of rotatable bonds is 2. The Morgan fingerprint density at radius 1 is 1.15 bits per heavy atom. The van der Waals surface area contributed by atoms with Crippen molar-refractivity contribution in [2.75, 3.05) is 26.2 Å². The molecule has 1 N–H and O–H groups in total. The highest BCUT2D eigenvalue weighted by Crippen LogP contribution is 2.32. The number of amides is 1. The highest BCUT2D eigenvalue weighted by Gasteiger charge is 2.33. The zero-order valence-electron chi connectivity index (χ0n) is 10.7. The van der Waals surface area contributed by atoms with E-state index in [2.05, 4.69) is 0 Å². The molecule has 0 unspecified atom stereocenters. The van der Waals surface area contributed by atoms with Gasteiger partial charge in [-0.3, -0.25) is 4.90 Å². The van der Waals surface area contributed by atoms with Crippen molar-refractivity contribution in [2.24, 2.45) is 0 Å². The summed E-state index contributed by atoms with van der Waals surface area (Å²) in [5.74, 6) is 0. The fourth-order valence-corrected chi connectivity index (χ4v) is 2.27. The number of alkyl halides is 3. The molecule has 0 aromatic heterocycles. The summed E-state index contributed by atoms with van der Waals surface area (Å²) in [5, 5.41) is 8.82. The van der Waals surface area contributed by atoms with Crippen molar-refractivity contribution in [2.45, 2.75) is 12.7 Å². The van der Waals surface area contributed by atoms with E-state index >= 15 is 0 Å². The molecule has 110 valence electrons. The third-order valence-electron chi connectivity index (χ3n) is 3.36. The predicted molar refractivity (Wildman–Crippen MR) is 66.3 cm³/mol. The zero-order valence-corrected chi connectivity index (χ0v) is 10.7. The highest BCUT2D eigenvalue weighted by atomic mass is 19.4. The lowest BCUT2D eigenvalue weighted by atomic mass is 10.1. The largest absolute Gasteiger partial charge is 0.465 e. The zero-order chi connectivity index (χ0) is 14.8. The standard InChI is InChI=1S/C13H15F3N2O2/c14-13(15,16)11-4-2-1-3-10(11)9-17-5-7-18(8-6-17)12(19)20/h1-4H,5-9H2,(H,19,20). The van der Waals surface area contributed by atoms with E-state index < -0.39 is 17.8 Å². The van der Waals surface area contributed by atoms with Crippen molar-refractivity contribution in [3.8, 4) is 0 Å². The van der Waals surface area contributed by atoms with Crippen LogP contribution in [-0.2, 0) is 12.7 Å². The van der Waals surface area contributed by atoms with Gasteiger partial charge in [0.25, 0.3) is 0 Å². The van der Waals surface area contributed by atoms with Crippen LogP contribution in [0.15, 0.2) is 24.3 Å². The lowest BCUT2D eigenvalue weighted by molar-refractivity contribution is -0.138. The molecule has 20 heavy (non-hydrogen) atoms. The van der Waals surface area contributed by atoms with Crippen LogP contribution in [0.2, 0.25) is 0 Å². The minimum Gasteiger partial charge on any atom is -0.465 e.